The minimum atomic E-state index is -0.562. The lowest BCUT2D eigenvalue weighted by Gasteiger charge is -2.45. The molecule has 26 heavy (non-hydrogen) atoms. The molecule has 2 amide bonds. The molecular weight excluding hydrogens is 332 g/mol. The van der Waals surface area contributed by atoms with E-state index in [0.29, 0.717) is 19.5 Å². The fourth-order valence-electron chi connectivity index (χ4n) is 4.01. The number of amides is 2. The quantitative estimate of drug-likeness (QED) is 0.812. The van der Waals surface area contributed by atoms with Crippen LogP contribution >= 0.6 is 0 Å². The van der Waals surface area contributed by atoms with Gasteiger partial charge in [-0.15, -0.1) is 0 Å². The molecule has 0 bridgehead atoms. The van der Waals surface area contributed by atoms with Gasteiger partial charge in [0.15, 0.2) is 0 Å². The molecule has 0 aliphatic carbocycles. The Morgan fingerprint density at radius 3 is 2.62 bits per heavy atom. The number of rotatable bonds is 2. The maximum atomic E-state index is 12.9. The molecule has 6 nitrogen and oxygen atoms in total. The molecule has 2 saturated heterocycles. The van der Waals surface area contributed by atoms with Crippen LogP contribution < -0.4 is 4.74 Å². The largest absolute Gasteiger partial charge is 0.496 e. The summed E-state index contributed by atoms with van der Waals surface area (Å²) < 4.78 is 11.1. The van der Waals surface area contributed by atoms with Crippen LogP contribution in [-0.2, 0) is 9.53 Å². The maximum Gasteiger partial charge on any atom is 0.410 e. The molecule has 0 spiro atoms. The van der Waals surface area contributed by atoms with Crippen LogP contribution in [0.4, 0.5) is 4.79 Å². The van der Waals surface area contributed by atoms with Crippen molar-refractivity contribution in [3.63, 3.8) is 0 Å². The van der Waals surface area contributed by atoms with Gasteiger partial charge >= 0.3 is 6.09 Å². The zero-order valence-corrected chi connectivity index (χ0v) is 16.2. The highest BCUT2D eigenvalue weighted by molar-refractivity contribution is 5.80. The number of piperazine rings is 1. The fourth-order valence-corrected chi connectivity index (χ4v) is 4.01. The first-order valence-corrected chi connectivity index (χ1v) is 9.15. The van der Waals surface area contributed by atoms with Gasteiger partial charge in [-0.2, -0.15) is 0 Å². The van der Waals surface area contributed by atoms with Gasteiger partial charge in [-0.25, -0.2) is 4.79 Å². The summed E-state index contributed by atoms with van der Waals surface area (Å²) in [5, 5.41) is 0. The van der Waals surface area contributed by atoms with Gasteiger partial charge in [0.1, 0.15) is 11.4 Å². The van der Waals surface area contributed by atoms with Gasteiger partial charge in [0.25, 0.3) is 0 Å². The molecule has 0 unspecified atom stereocenters. The van der Waals surface area contributed by atoms with Gasteiger partial charge in [-0.05, 0) is 51.3 Å². The van der Waals surface area contributed by atoms with Crippen LogP contribution in [0.15, 0.2) is 18.2 Å². The number of carbonyl (C=O) groups is 2. The average molecular weight is 360 g/mol. The minimum Gasteiger partial charge on any atom is -0.496 e. The third-order valence-electron chi connectivity index (χ3n) is 5.15. The lowest BCUT2D eigenvalue weighted by molar-refractivity contribution is -0.132. The standard InChI is InChI=1S/C20H28N2O4/c1-13-14(7-6-8-16(13)25-5)18-15-9-10-17(23)21(15)11-12-22(18)19(24)26-20(2,3)4/h6-8,15,18H,9-12H2,1-5H3/t15-,18-/m0/s1. The van der Waals surface area contributed by atoms with Crippen molar-refractivity contribution in [2.45, 2.75) is 58.2 Å². The highest BCUT2D eigenvalue weighted by atomic mass is 16.6. The Kier molecular flexibility index (Phi) is 4.86. The van der Waals surface area contributed by atoms with Crippen LogP contribution in [0.25, 0.3) is 0 Å². The van der Waals surface area contributed by atoms with Crippen molar-refractivity contribution >= 4 is 12.0 Å². The molecule has 2 aliphatic heterocycles. The minimum absolute atomic E-state index is 0.0189. The third-order valence-corrected chi connectivity index (χ3v) is 5.15. The maximum absolute atomic E-state index is 12.9. The lowest BCUT2D eigenvalue weighted by atomic mass is 9.90. The summed E-state index contributed by atoms with van der Waals surface area (Å²) in [6.45, 7) is 8.63. The summed E-state index contributed by atoms with van der Waals surface area (Å²) in [6, 6.07) is 5.63. The number of benzene rings is 1. The monoisotopic (exact) mass is 360 g/mol. The predicted octanol–water partition coefficient (Wildman–Crippen LogP) is 3.29. The highest BCUT2D eigenvalue weighted by Gasteiger charge is 2.46. The molecular formula is C20H28N2O4. The third kappa shape index (κ3) is 3.37. The Hall–Kier alpha value is -2.24. The van der Waals surface area contributed by atoms with E-state index in [1.807, 2.05) is 50.8 Å². The second kappa shape index (κ2) is 6.82. The van der Waals surface area contributed by atoms with E-state index in [9.17, 15) is 9.59 Å². The Morgan fingerprint density at radius 2 is 1.96 bits per heavy atom. The summed E-state index contributed by atoms with van der Waals surface area (Å²) >= 11 is 0. The van der Waals surface area contributed by atoms with E-state index in [4.69, 9.17) is 9.47 Å². The molecule has 142 valence electrons. The predicted molar refractivity (Wildman–Crippen MR) is 98.1 cm³/mol. The first kappa shape index (κ1) is 18.5. The number of hydrogen-bond donors (Lipinski definition) is 0. The van der Waals surface area contributed by atoms with Gasteiger partial charge in [0.2, 0.25) is 5.91 Å². The van der Waals surface area contributed by atoms with Crippen LogP contribution in [0.2, 0.25) is 0 Å². The second-order valence-electron chi connectivity index (χ2n) is 7.99. The smallest absolute Gasteiger partial charge is 0.410 e. The molecule has 3 rings (SSSR count). The average Bonchev–Trinajstić information content (AvgIpc) is 2.94. The van der Waals surface area contributed by atoms with Crippen LogP contribution in [0.3, 0.4) is 0 Å². The van der Waals surface area contributed by atoms with E-state index < -0.39 is 5.60 Å². The molecule has 2 heterocycles. The summed E-state index contributed by atoms with van der Waals surface area (Å²) in [7, 11) is 1.64. The number of nitrogens with zero attached hydrogens (tertiary/aromatic N) is 2. The van der Waals surface area contributed by atoms with Crippen molar-refractivity contribution in [3.05, 3.63) is 29.3 Å². The molecule has 0 N–H and O–H groups in total. The zero-order valence-electron chi connectivity index (χ0n) is 16.2. The van der Waals surface area contributed by atoms with E-state index in [1.165, 1.54) is 0 Å². The summed E-state index contributed by atoms with van der Waals surface area (Å²) in [5.41, 5.74) is 1.45. The van der Waals surface area contributed by atoms with Crippen molar-refractivity contribution in [2.24, 2.45) is 0 Å². The van der Waals surface area contributed by atoms with Crippen molar-refractivity contribution in [2.75, 3.05) is 20.2 Å². The molecule has 0 aromatic heterocycles. The Morgan fingerprint density at radius 1 is 1.23 bits per heavy atom. The second-order valence-corrected chi connectivity index (χ2v) is 7.99. The van der Waals surface area contributed by atoms with E-state index in [1.54, 1.807) is 12.0 Å². The molecule has 6 heteroatoms. The van der Waals surface area contributed by atoms with Gasteiger partial charge in [0.05, 0.1) is 19.2 Å². The van der Waals surface area contributed by atoms with Crippen molar-refractivity contribution < 1.29 is 19.1 Å². The fraction of sp³-hybridized carbons (Fsp3) is 0.600. The Balaban J connectivity index is 2.02. The normalized spacial score (nSPS) is 23.0. The van der Waals surface area contributed by atoms with E-state index >= 15 is 0 Å². The molecule has 0 saturated carbocycles. The number of hydrogen-bond acceptors (Lipinski definition) is 4. The summed E-state index contributed by atoms with van der Waals surface area (Å²) in [6.07, 6.45) is 0.954. The Labute approximate surface area is 155 Å². The summed E-state index contributed by atoms with van der Waals surface area (Å²) in [4.78, 5) is 28.9. The molecule has 2 fully saturated rings. The number of methoxy groups -OCH3 is 1. The molecule has 2 atom stereocenters. The lowest BCUT2D eigenvalue weighted by Crippen LogP contribution is -2.56. The number of ether oxygens (including phenoxy) is 2. The Bertz CT molecular complexity index is 710. The van der Waals surface area contributed by atoms with Gasteiger partial charge < -0.3 is 14.4 Å². The molecule has 2 aliphatic rings. The van der Waals surface area contributed by atoms with E-state index in [0.717, 1.165) is 23.3 Å². The van der Waals surface area contributed by atoms with Gasteiger partial charge in [-0.1, -0.05) is 12.1 Å². The molecule has 1 aromatic rings. The van der Waals surface area contributed by atoms with Gasteiger partial charge in [-0.3, -0.25) is 9.69 Å². The number of carbonyl (C=O) groups excluding carboxylic acids is 2. The number of fused-ring (bicyclic) bond motifs is 1. The zero-order chi connectivity index (χ0) is 19.1. The van der Waals surface area contributed by atoms with Crippen LogP contribution in [0, 0.1) is 6.92 Å². The van der Waals surface area contributed by atoms with Crippen LogP contribution in [0.5, 0.6) is 5.75 Å². The van der Waals surface area contributed by atoms with Crippen LogP contribution in [0.1, 0.15) is 50.8 Å². The van der Waals surface area contributed by atoms with E-state index in [-0.39, 0.29) is 24.1 Å². The van der Waals surface area contributed by atoms with E-state index in [2.05, 4.69) is 0 Å². The van der Waals surface area contributed by atoms with Crippen molar-refractivity contribution in [1.82, 2.24) is 9.80 Å². The van der Waals surface area contributed by atoms with Crippen molar-refractivity contribution in [3.8, 4) is 5.75 Å². The summed E-state index contributed by atoms with van der Waals surface area (Å²) in [5.74, 6) is 0.956. The first-order chi connectivity index (χ1) is 12.2. The van der Waals surface area contributed by atoms with Crippen LogP contribution in [-0.4, -0.2) is 53.6 Å². The SMILES string of the molecule is COc1cccc([C@H]2[C@@H]3CCC(=O)N3CCN2C(=O)OC(C)(C)C)c1C. The first-order valence-electron chi connectivity index (χ1n) is 9.15. The molecule has 1 aromatic carbocycles. The highest BCUT2D eigenvalue weighted by Crippen LogP contribution is 2.40. The van der Waals surface area contributed by atoms with Gasteiger partial charge in [0, 0.05) is 19.5 Å². The topological polar surface area (TPSA) is 59.1 Å². The van der Waals surface area contributed by atoms with Crippen molar-refractivity contribution in [1.29, 1.82) is 0 Å². The molecule has 0 radical (unpaired) electrons.